The smallest absolute Gasteiger partial charge is 0.336 e. The van der Waals surface area contributed by atoms with Crippen LogP contribution in [0.3, 0.4) is 0 Å². The predicted octanol–water partition coefficient (Wildman–Crippen LogP) is 3.11. The summed E-state index contributed by atoms with van der Waals surface area (Å²) in [7, 11) is 0. The molecule has 0 saturated heterocycles. The largest absolute Gasteiger partial charge is 0.479 e. The molecule has 0 amide bonds. The maximum atomic E-state index is 11.2. The van der Waals surface area contributed by atoms with Gasteiger partial charge in [0.2, 0.25) is 0 Å². The van der Waals surface area contributed by atoms with Crippen molar-refractivity contribution in [3.05, 3.63) is 0 Å². The van der Waals surface area contributed by atoms with Gasteiger partial charge in [0.25, 0.3) is 0 Å². The van der Waals surface area contributed by atoms with Crippen molar-refractivity contribution >= 4 is 5.97 Å². The van der Waals surface area contributed by atoms with Crippen LogP contribution < -0.4 is 0 Å². The van der Waals surface area contributed by atoms with E-state index in [-0.39, 0.29) is 11.8 Å². The number of hydrogen-bond donors (Lipinski definition) is 1. The molecular weight excluding hydrogens is 220 g/mol. The maximum Gasteiger partial charge on any atom is 0.336 e. The Kier molecular flexibility index (Phi) is 6.13. The van der Waals surface area contributed by atoms with Gasteiger partial charge in [-0.1, -0.05) is 27.7 Å². The first-order chi connectivity index (χ1) is 7.56. The molecule has 4 nitrogen and oxygen atoms in total. The van der Waals surface area contributed by atoms with E-state index < -0.39 is 17.7 Å². The second-order valence-corrected chi connectivity index (χ2v) is 6.01. The molecule has 0 aliphatic heterocycles. The Bertz CT molecular complexity index is 242. The molecule has 0 aromatic rings. The van der Waals surface area contributed by atoms with Crippen molar-refractivity contribution in [2.24, 2.45) is 17.8 Å². The fourth-order valence-electron chi connectivity index (χ4n) is 1.43. The van der Waals surface area contributed by atoms with Gasteiger partial charge in [0.1, 0.15) is 0 Å². The van der Waals surface area contributed by atoms with Crippen LogP contribution >= 0.6 is 0 Å². The fraction of sp³-hybridized carbons (Fsp3) is 0.923. The molecule has 17 heavy (non-hydrogen) atoms. The van der Waals surface area contributed by atoms with Crippen LogP contribution in [0.1, 0.15) is 48.5 Å². The number of carboxylic acids is 1. The highest BCUT2D eigenvalue weighted by Gasteiger charge is 2.33. The van der Waals surface area contributed by atoms with E-state index in [1.807, 2.05) is 34.6 Å². The Morgan fingerprint density at radius 2 is 1.53 bits per heavy atom. The molecule has 0 rings (SSSR count). The minimum atomic E-state index is -0.978. The molecule has 0 radical (unpaired) electrons. The highest BCUT2D eigenvalue weighted by molar-refractivity contribution is 5.72. The topological polar surface area (TPSA) is 55.8 Å². The summed E-state index contributed by atoms with van der Waals surface area (Å²) >= 11 is 0. The first-order valence-electron chi connectivity index (χ1n) is 6.13. The normalized spacial score (nSPS) is 17.9. The van der Waals surface area contributed by atoms with Crippen LogP contribution in [0.2, 0.25) is 0 Å². The van der Waals surface area contributed by atoms with Crippen LogP contribution in [0.15, 0.2) is 0 Å². The highest BCUT2D eigenvalue weighted by atomic mass is 17.2. The fourth-order valence-corrected chi connectivity index (χ4v) is 1.43. The monoisotopic (exact) mass is 246 g/mol. The van der Waals surface area contributed by atoms with Crippen LogP contribution in [-0.2, 0) is 14.6 Å². The quantitative estimate of drug-likeness (QED) is 0.578. The lowest BCUT2D eigenvalue weighted by Crippen LogP contribution is -2.38. The maximum absolute atomic E-state index is 11.2. The van der Waals surface area contributed by atoms with Gasteiger partial charge in [0.15, 0.2) is 6.10 Å². The molecule has 0 saturated carbocycles. The Hall–Kier alpha value is -0.610. The van der Waals surface area contributed by atoms with Gasteiger partial charge < -0.3 is 5.11 Å². The second kappa shape index (κ2) is 6.36. The Morgan fingerprint density at radius 3 is 1.82 bits per heavy atom. The molecule has 0 aromatic heterocycles. The summed E-state index contributed by atoms with van der Waals surface area (Å²) in [6, 6.07) is 0. The summed E-state index contributed by atoms with van der Waals surface area (Å²) in [5.41, 5.74) is -0.505. The van der Waals surface area contributed by atoms with E-state index in [1.165, 1.54) is 0 Å². The summed E-state index contributed by atoms with van der Waals surface area (Å²) in [6.45, 7) is 13.5. The molecule has 0 aliphatic carbocycles. The second-order valence-electron chi connectivity index (χ2n) is 6.01. The van der Waals surface area contributed by atoms with Crippen LogP contribution in [0.25, 0.3) is 0 Å². The molecule has 0 spiro atoms. The van der Waals surface area contributed by atoms with Gasteiger partial charge in [-0.3, -0.25) is 0 Å². The summed E-state index contributed by atoms with van der Waals surface area (Å²) in [4.78, 5) is 21.4. The van der Waals surface area contributed by atoms with Crippen molar-refractivity contribution in [3.8, 4) is 0 Å². The molecule has 0 aliphatic rings. The van der Waals surface area contributed by atoms with E-state index in [9.17, 15) is 4.79 Å². The average molecular weight is 246 g/mol. The molecule has 3 atom stereocenters. The molecule has 0 aromatic carbocycles. The van der Waals surface area contributed by atoms with Gasteiger partial charge >= 0.3 is 5.97 Å². The Labute approximate surface area is 104 Å². The van der Waals surface area contributed by atoms with Gasteiger partial charge in [-0.2, -0.15) is 0 Å². The van der Waals surface area contributed by atoms with Crippen molar-refractivity contribution in [1.29, 1.82) is 0 Å². The number of rotatable bonds is 6. The zero-order valence-electron chi connectivity index (χ0n) is 12.0. The van der Waals surface area contributed by atoms with Crippen LogP contribution in [0.4, 0.5) is 0 Å². The minimum Gasteiger partial charge on any atom is -0.479 e. The van der Waals surface area contributed by atoms with Crippen LogP contribution in [0, 0.1) is 17.8 Å². The summed E-state index contributed by atoms with van der Waals surface area (Å²) < 4.78 is 0. The van der Waals surface area contributed by atoms with Gasteiger partial charge in [0, 0.05) is 0 Å². The van der Waals surface area contributed by atoms with E-state index in [1.54, 1.807) is 0 Å². The van der Waals surface area contributed by atoms with Gasteiger partial charge in [0.05, 0.1) is 5.60 Å². The number of hydrogen-bond acceptors (Lipinski definition) is 3. The van der Waals surface area contributed by atoms with Crippen molar-refractivity contribution in [1.82, 2.24) is 0 Å². The van der Waals surface area contributed by atoms with E-state index in [0.29, 0.717) is 5.92 Å². The molecule has 1 N–H and O–H groups in total. The number of carboxylic acid groups (broad SMARTS) is 1. The molecule has 0 fully saturated rings. The molecule has 0 heterocycles. The number of aliphatic carboxylic acids is 1. The summed E-state index contributed by atoms with van der Waals surface area (Å²) in [5, 5.41) is 9.17. The van der Waals surface area contributed by atoms with E-state index >= 15 is 0 Å². The third kappa shape index (κ3) is 6.03. The number of carbonyl (C=O) groups is 1. The van der Waals surface area contributed by atoms with Gasteiger partial charge in [-0.05, 0) is 38.5 Å². The lowest BCUT2D eigenvalue weighted by molar-refractivity contribution is -0.375. The zero-order chi connectivity index (χ0) is 13.8. The first-order valence-corrected chi connectivity index (χ1v) is 6.13. The van der Waals surface area contributed by atoms with Crippen molar-refractivity contribution in [2.45, 2.75) is 60.2 Å². The summed E-state index contributed by atoms with van der Waals surface area (Å²) in [6.07, 6.45) is -0.924. The van der Waals surface area contributed by atoms with Crippen LogP contribution in [0.5, 0.6) is 0 Å². The molecular formula is C13H26O4. The Balaban J connectivity index is 4.58. The van der Waals surface area contributed by atoms with Gasteiger partial charge in [-0.15, -0.1) is 0 Å². The third-order valence-corrected chi connectivity index (χ3v) is 3.00. The average Bonchev–Trinajstić information content (AvgIpc) is 2.13. The molecule has 102 valence electrons. The van der Waals surface area contributed by atoms with Gasteiger partial charge in [-0.25, -0.2) is 14.6 Å². The molecule has 3 unspecified atom stereocenters. The third-order valence-electron chi connectivity index (χ3n) is 3.00. The van der Waals surface area contributed by atoms with Crippen molar-refractivity contribution in [2.75, 3.05) is 0 Å². The van der Waals surface area contributed by atoms with E-state index in [4.69, 9.17) is 14.9 Å². The van der Waals surface area contributed by atoms with Crippen LogP contribution in [-0.4, -0.2) is 22.8 Å². The molecule has 0 bridgehead atoms. The highest BCUT2D eigenvalue weighted by Crippen LogP contribution is 2.26. The minimum absolute atomic E-state index is 0.102. The predicted molar refractivity (Wildman–Crippen MR) is 66.5 cm³/mol. The molecule has 4 heteroatoms. The zero-order valence-corrected chi connectivity index (χ0v) is 12.0. The SMILES string of the molecule is CC(C)C(C)C(C)C(OOC(C)(C)C)C(=O)O. The lowest BCUT2D eigenvalue weighted by Gasteiger charge is -2.29. The Morgan fingerprint density at radius 1 is 1.06 bits per heavy atom. The van der Waals surface area contributed by atoms with E-state index in [2.05, 4.69) is 13.8 Å². The van der Waals surface area contributed by atoms with E-state index in [0.717, 1.165) is 0 Å². The standard InChI is InChI=1S/C13H26O4/c1-8(2)9(3)10(4)11(12(14)15)16-17-13(5,6)7/h8-11H,1-7H3,(H,14,15). The van der Waals surface area contributed by atoms with Crippen molar-refractivity contribution in [3.63, 3.8) is 0 Å². The van der Waals surface area contributed by atoms with Crippen molar-refractivity contribution < 1.29 is 19.7 Å². The first kappa shape index (κ1) is 16.4. The summed E-state index contributed by atoms with van der Waals surface area (Å²) in [5.74, 6) is -0.422. The lowest BCUT2D eigenvalue weighted by atomic mass is 9.83.